The Balaban J connectivity index is 1.86. The van der Waals surface area contributed by atoms with Gasteiger partial charge in [0.25, 0.3) is 0 Å². The second-order valence-electron chi connectivity index (χ2n) is 5.18. The molecular weight excluding hydrogens is 172 g/mol. The monoisotopic (exact) mass is 196 g/mol. The van der Waals surface area contributed by atoms with Gasteiger partial charge in [-0.1, -0.05) is 12.8 Å². The topological polar surface area (TPSA) is 29.3 Å². The zero-order valence-electron chi connectivity index (χ0n) is 9.41. The SMILES string of the molecule is CC(CCN)N1C[C@H]2CCCC[C@H]2C1. The van der Waals surface area contributed by atoms with Crippen LogP contribution in [-0.2, 0) is 0 Å². The van der Waals surface area contributed by atoms with Crippen molar-refractivity contribution >= 4 is 0 Å². The molecule has 1 aliphatic carbocycles. The first-order valence-corrected chi connectivity index (χ1v) is 6.25. The van der Waals surface area contributed by atoms with Gasteiger partial charge < -0.3 is 10.6 Å². The van der Waals surface area contributed by atoms with Gasteiger partial charge in [-0.2, -0.15) is 0 Å². The van der Waals surface area contributed by atoms with E-state index in [-0.39, 0.29) is 0 Å². The summed E-state index contributed by atoms with van der Waals surface area (Å²) in [6.07, 6.45) is 7.08. The number of fused-ring (bicyclic) bond motifs is 1. The van der Waals surface area contributed by atoms with Gasteiger partial charge in [0, 0.05) is 19.1 Å². The van der Waals surface area contributed by atoms with Gasteiger partial charge in [0.1, 0.15) is 0 Å². The Morgan fingerprint density at radius 1 is 1.21 bits per heavy atom. The summed E-state index contributed by atoms with van der Waals surface area (Å²) in [5.41, 5.74) is 5.62. The van der Waals surface area contributed by atoms with Gasteiger partial charge in [-0.05, 0) is 44.6 Å². The van der Waals surface area contributed by atoms with Crippen molar-refractivity contribution in [1.82, 2.24) is 4.90 Å². The highest BCUT2D eigenvalue weighted by Crippen LogP contribution is 2.36. The molecule has 0 radical (unpaired) electrons. The van der Waals surface area contributed by atoms with Crippen LogP contribution in [0.2, 0.25) is 0 Å². The Hall–Kier alpha value is -0.0800. The third-order valence-electron chi connectivity index (χ3n) is 4.21. The summed E-state index contributed by atoms with van der Waals surface area (Å²) in [4.78, 5) is 2.67. The van der Waals surface area contributed by atoms with E-state index in [1.807, 2.05) is 0 Å². The summed E-state index contributed by atoms with van der Waals surface area (Å²) >= 11 is 0. The molecule has 2 nitrogen and oxygen atoms in total. The fourth-order valence-electron chi connectivity index (χ4n) is 3.23. The molecular formula is C12H24N2. The third-order valence-corrected chi connectivity index (χ3v) is 4.21. The highest BCUT2D eigenvalue weighted by Gasteiger charge is 2.35. The molecule has 3 atom stereocenters. The lowest BCUT2D eigenvalue weighted by atomic mass is 9.82. The first kappa shape index (κ1) is 10.4. The Labute approximate surface area is 87.8 Å². The van der Waals surface area contributed by atoms with E-state index in [1.165, 1.54) is 45.2 Å². The molecule has 14 heavy (non-hydrogen) atoms. The molecule has 1 heterocycles. The second kappa shape index (κ2) is 4.63. The van der Waals surface area contributed by atoms with E-state index in [1.54, 1.807) is 0 Å². The molecule has 1 saturated carbocycles. The summed E-state index contributed by atoms with van der Waals surface area (Å²) < 4.78 is 0. The Bertz CT molecular complexity index is 167. The molecule has 0 aromatic carbocycles. The molecule has 2 N–H and O–H groups in total. The fourth-order valence-corrected chi connectivity index (χ4v) is 3.23. The molecule has 2 heteroatoms. The third kappa shape index (κ3) is 2.12. The Morgan fingerprint density at radius 2 is 1.79 bits per heavy atom. The van der Waals surface area contributed by atoms with Crippen molar-refractivity contribution in [1.29, 1.82) is 0 Å². The lowest BCUT2D eigenvalue weighted by Gasteiger charge is -2.23. The minimum atomic E-state index is 0.714. The van der Waals surface area contributed by atoms with Crippen LogP contribution in [0.3, 0.4) is 0 Å². The molecule has 1 aliphatic heterocycles. The fraction of sp³-hybridized carbons (Fsp3) is 1.00. The maximum absolute atomic E-state index is 5.62. The first-order valence-electron chi connectivity index (χ1n) is 6.25. The molecule has 82 valence electrons. The van der Waals surface area contributed by atoms with E-state index >= 15 is 0 Å². The van der Waals surface area contributed by atoms with Gasteiger partial charge in [0.2, 0.25) is 0 Å². The number of hydrogen-bond donors (Lipinski definition) is 1. The van der Waals surface area contributed by atoms with Crippen molar-refractivity contribution in [3.63, 3.8) is 0 Å². The number of hydrogen-bond acceptors (Lipinski definition) is 2. The average Bonchev–Trinajstić information content (AvgIpc) is 2.61. The van der Waals surface area contributed by atoms with Gasteiger partial charge in [-0.25, -0.2) is 0 Å². The van der Waals surface area contributed by atoms with Crippen molar-refractivity contribution < 1.29 is 0 Å². The standard InChI is InChI=1S/C12H24N2/c1-10(6-7-13)14-8-11-4-2-3-5-12(11)9-14/h10-12H,2-9,13H2,1H3/t10?,11-,12+. The first-order chi connectivity index (χ1) is 6.81. The van der Waals surface area contributed by atoms with E-state index in [0.29, 0.717) is 6.04 Å². The van der Waals surface area contributed by atoms with Crippen molar-refractivity contribution in [3.05, 3.63) is 0 Å². The Kier molecular flexibility index (Phi) is 3.45. The van der Waals surface area contributed by atoms with Gasteiger partial charge >= 0.3 is 0 Å². The van der Waals surface area contributed by atoms with Crippen LogP contribution in [0, 0.1) is 11.8 Å². The predicted molar refractivity (Wildman–Crippen MR) is 60.2 cm³/mol. The van der Waals surface area contributed by atoms with Crippen molar-refractivity contribution in [2.75, 3.05) is 19.6 Å². The maximum Gasteiger partial charge on any atom is 0.00791 e. The lowest BCUT2D eigenvalue weighted by Crippen LogP contribution is -2.32. The molecule has 0 aromatic heterocycles. The number of nitrogens with zero attached hydrogens (tertiary/aromatic N) is 1. The smallest absolute Gasteiger partial charge is 0.00791 e. The molecule has 1 saturated heterocycles. The van der Waals surface area contributed by atoms with Crippen LogP contribution in [0.4, 0.5) is 0 Å². The molecule has 2 aliphatic rings. The van der Waals surface area contributed by atoms with Crippen LogP contribution in [0.5, 0.6) is 0 Å². The molecule has 0 aromatic rings. The van der Waals surface area contributed by atoms with Crippen LogP contribution in [-0.4, -0.2) is 30.6 Å². The minimum absolute atomic E-state index is 0.714. The second-order valence-corrected chi connectivity index (χ2v) is 5.18. The molecule has 2 rings (SSSR count). The summed E-state index contributed by atoms with van der Waals surface area (Å²) in [6, 6.07) is 0.714. The van der Waals surface area contributed by atoms with Crippen LogP contribution in [0.1, 0.15) is 39.0 Å². The van der Waals surface area contributed by atoms with Gasteiger partial charge in [0.05, 0.1) is 0 Å². The zero-order valence-corrected chi connectivity index (χ0v) is 9.41. The number of nitrogens with two attached hydrogens (primary N) is 1. The van der Waals surface area contributed by atoms with E-state index in [4.69, 9.17) is 5.73 Å². The summed E-state index contributed by atoms with van der Waals surface area (Å²) in [5, 5.41) is 0. The minimum Gasteiger partial charge on any atom is -0.330 e. The largest absolute Gasteiger partial charge is 0.330 e. The molecule has 2 fully saturated rings. The van der Waals surface area contributed by atoms with Crippen molar-refractivity contribution in [2.45, 2.75) is 45.1 Å². The normalized spacial score (nSPS) is 35.6. The average molecular weight is 196 g/mol. The summed E-state index contributed by atoms with van der Waals surface area (Å²) in [7, 11) is 0. The van der Waals surface area contributed by atoms with Crippen LogP contribution in [0.25, 0.3) is 0 Å². The van der Waals surface area contributed by atoms with Crippen molar-refractivity contribution in [3.8, 4) is 0 Å². The highest BCUT2D eigenvalue weighted by atomic mass is 15.2. The maximum atomic E-state index is 5.62. The quantitative estimate of drug-likeness (QED) is 0.746. The van der Waals surface area contributed by atoms with E-state index in [2.05, 4.69) is 11.8 Å². The van der Waals surface area contributed by atoms with Crippen LogP contribution < -0.4 is 5.73 Å². The van der Waals surface area contributed by atoms with E-state index in [9.17, 15) is 0 Å². The van der Waals surface area contributed by atoms with Gasteiger partial charge in [-0.3, -0.25) is 0 Å². The number of rotatable bonds is 3. The van der Waals surface area contributed by atoms with Crippen LogP contribution in [0.15, 0.2) is 0 Å². The predicted octanol–water partition coefficient (Wildman–Crippen LogP) is 1.85. The van der Waals surface area contributed by atoms with Crippen molar-refractivity contribution in [2.24, 2.45) is 17.6 Å². The van der Waals surface area contributed by atoms with E-state index in [0.717, 1.165) is 18.4 Å². The summed E-state index contributed by atoms with van der Waals surface area (Å²) in [6.45, 7) is 5.88. The molecule has 0 amide bonds. The lowest BCUT2D eigenvalue weighted by molar-refractivity contribution is 0.237. The van der Waals surface area contributed by atoms with Gasteiger partial charge in [0.15, 0.2) is 0 Å². The molecule has 1 unspecified atom stereocenters. The van der Waals surface area contributed by atoms with Gasteiger partial charge in [-0.15, -0.1) is 0 Å². The van der Waals surface area contributed by atoms with Crippen LogP contribution >= 0.6 is 0 Å². The molecule has 0 spiro atoms. The highest BCUT2D eigenvalue weighted by molar-refractivity contribution is 4.88. The number of likely N-dealkylation sites (tertiary alicyclic amines) is 1. The van der Waals surface area contributed by atoms with E-state index < -0.39 is 0 Å². The molecule has 0 bridgehead atoms. The summed E-state index contributed by atoms with van der Waals surface area (Å²) in [5.74, 6) is 2.04. The Morgan fingerprint density at radius 3 is 2.29 bits per heavy atom. The zero-order chi connectivity index (χ0) is 9.97.